The Kier molecular flexibility index (Phi) is 5.73. The van der Waals surface area contributed by atoms with Crippen LogP contribution in [0.1, 0.15) is 6.42 Å². The van der Waals surface area contributed by atoms with Crippen molar-refractivity contribution in [1.82, 2.24) is 19.7 Å². The lowest BCUT2D eigenvalue weighted by molar-refractivity contribution is -0.136. The number of carboxylic acids is 1. The van der Waals surface area contributed by atoms with Crippen LogP contribution in [-0.2, 0) is 4.79 Å². The summed E-state index contributed by atoms with van der Waals surface area (Å²) in [6.07, 6.45) is 3.43. The molecule has 0 aliphatic carbocycles. The minimum absolute atomic E-state index is 0.0268. The second-order valence-electron chi connectivity index (χ2n) is 6.88. The van der Waals surface area contributed by atoms with Gasteiger partial charge >= 0.3 is 5.97 Å². The number of benzene rings is 1. The highest BCUT2D eigenvalue weighted by Gasteiger charge is 2.20. The highest BCUT2D eigenvalue weighted by Crippen LogP contribution is 2.22. The number of anilines is 3. The Morgan fingerprint density at radius 2 is 1.77 bits per heavy atom. The molecular weight excluding hydrogens is 389 g/mol. The molecule has 0 bridgehead atoms. The van der Waals surface area contributed by atoms with Crippen LogP contribution < -0.4 is 15.1 Å². The zero-order valence-electron chi connectivity index (χ0n) is 16.3. The Morgan fingerprint density at radius 1 is 1.07 bits per heavy atom. The number of carboxylic acid groups (broad SMARTS) is 1. The van der Waals surface area contributed by atoms with E-state index in [1.807, 2.05) is 6.07 Å². The van der Waals surface area contributed by atoms with Gasteiger partial charge in [-0.05, 0) is 30.3 Å². The third-order valence-electron chi connectivity index (χ3n) is 4.86. The van der Waals surface area contributed by atoms with E-state index in [1.54, 1.807) is 35.3 Å². The molecule has 1 aliphatic rings. The molecule has 1 saturated heterocycles. The van der Waals surface area contributed by atoms with Gasteiger partial charge in [0, 0.05) is 56.9 Å². The summed E-state index contributed by atoms with van der Waals surface area (Å²) >= 11 is 0. The third-order valence-corrected chi connectivity index (χ3v) is 4.86. The van der Waals surface area contributed by atoms with Crippen LogP contribution in [0.3, 0.4) is 0 Å². The zero-order valence-corrected chi connectivity index (χ0v) is 16.3. The zero-order chi connectivity index (χ0) is 20.9. The van der Waals surface area contributed by atoms with Crippen LogP contribution in [0, 0.1) is 5.82 Å². The number of rotatable bonds is 7. The Hall–Kier alpha value is -3.69. The van der Waals surface area contributed by atoms with Crippen molar-refractivity contribution in [3.8, 4) is 5.82 Å². The SMILES string of the molecule is O=C(O)CCNc1nc(N2CCN(c3ccc(F)cc3)CC2)cc(-n2cccn2)n1. The van der Waals surface area contributed by atoms with Crippen LogP contribution in [-0.4, -0.2) is 63.5 Å². The van der Waals surface area contributed by atoms with Gasteiger partial charge in [-0.1, -0.05) is 0 Å². The van der Waals surface area contributed by atoms with Crippen molar-refractivity contribution in [2.45, 2.75) is 6.42 Å². The number of hydrogen-bond acceptors (Lipinski definition) is 7. The van der Waals surface area contributed by atoms with Gasteiger partial charge in [0.05, 0.1) is 6.42 Å². The number of aromatic nitrogens is 4. The Labute approximate surface area is 172 Å². The molecule has 1 aromatic carbocycles. The molecule has 156 valence electrons. The van der Waals surface area contributed by atoms with Crippen molar-refractivity contribution in [2.24, 2.45) is 0 Å². The first-order valence-corrected chi connectivity index (χ1v) is 9.69. The average Bonchev–Trinajstić information content (AvgIpc) is 3.29. The summed E-state index contributed by atoms with van der Waals surface area (Å²) in [6.45, 7) is 3.25. The Balaban J connectivity index is 1.50. The molecule has 1 fully saturated rings. The number of aliphatic carboxylic acids is 1. The molecular formula is C20H22FN7O2. The molecule has 0 radical (unpaired) electrons. The van der Waals surface area contributed by atoms with Crippen molar-refractivity contribution >= 4 is 23.4 Å². The maximum atomic E-state index is 13.2. The van der Waals surface area contributed by atoms with Gasteiger partial charge in [-0.25, -0.2) is 9.07 Å². The highest BCUT2D eigenvalue weighted by molar-refractivity contribution is 5.67. The Morgan fingerprint density at radius 3 is 2.43 bits per heavy atom. The lowest BCUT2D eigenvalue weighted by Crippen LogP contribution is -2.47. The van der Waals surface area contributed by atoms with E-state index in [0.717, 1.165) is 37.7 Å². The second kappa shape index (κ2) is 8.76. The molecule has 4 rings (SSSR count). The summed E-state index contributed by atoms with van der Waals surface area (Å²) in [5, 5.41) is 16.1. The molecule has 1 aliphatic heterocycles. The van der Waals surface area contributed by atoms with Gasteiger partial charge in [0.1, 0.15) is 11.6 Å². The van der Waals surface area contributed by atoms with Crippen LogP contribution in [0.25, 0.3) is 5.82 Å². The molecule has 10 heteroatoms. The summed E-state index contributed by atoms with van der Waals surface area (Å²) in [7, 11) is 0. The largest absolute Gasteiger partial charge is 0.481 e. The minimum atomic E-state index is -0.886. The van der Waals surface area contributed by atoms with E-state index in [4.69, 9.17) is 5.11 Å². The second-order valence-corrected chi connectivity index (χ2v) is 6.88. The number of carbonyl (C=O) groups is 1. The van der Waals surface area contributed by atoms with E-state index in [-0.39, 0.29) is 18.8 Å². The first-order chi connectivity index (χ1) is 14.6. The number of nitrogens with one attached hydrogen (secondary N) is 1. The fourth-order valence-corrected chi connectivity index (χ4v) is 3.31. The summed E-state index contributed by atoms with van der Waals surface area (Å²) in [5.41, 5.74) is 0.993. The molecule has 30 heavy (non-hydrogen) atoms. The molecule has 0 unspecified atom stereocenters. The average molecular weight is 411 g/mol. The van der Waals surface area contributed by atoms with E-state index in [9.17, 15) is 9.18 Å². The van der Waals surface area contributed by atoms with E-state index in [2.05, 4.69) is 30.2 Å². The monoisotopic (exact) mass is 411 g/mol. The van der Waals surface area contributed by atoms with Gasteiger partial charge < -0.3 is 20.2 Å². The summed E-state index contributed by atoms with van der Waals surface area (Å²) < 4.78 is 14.8. The van der Waals surface area contributed by atoms with E-state index in [0.29, 0.717) is 11.8 Å². The summed E-state index contributed by atoms with van der Waals surface area (Å²) in [6, 6.07) is 10.2. The maximum Gasteiger partial charge on any atom is 0.305 e. The molecule has 3 aromatic rings. The first-order valence-electron chi connectivity index (χ1n) is 9.69. The molecule has 0 amide bonds. The Bertz CT molecular complexity index is 987. The smallest absolute Gasteiger partial charge is 0.305 e. The van der Waals surface area contributed by atoms with Gasteiger partial charge in [0.15, 0.2) is 5.82 Å². The van der Waals surface area contributed by atoms with Gasteiger partial charge in [-0.2, -0.15) is 15.1 Å². The predicted molar refractivity (Wildman–Crippen MR) is 111 cm³/mol. The maximum absolute atomic E-state index is 13.2. The van der Waals surface area contributed by atoms with Crippen molar-refractivity contribution < 1.29 is 14.3 Å². The van der Waals surface area contributed by atoms with Crippen LogP contribution >= 0.6 is 0 Å². The minimum Gasteiger partial charge on any atom is -0.481 e. The van der Waals surface area contributed by atoms with Crippen LogP contribution in [0.2, 0.25) is 0 Å². The number of piperazine rings is 1. The quantitative estimate of drug-likeness (QED) is 0.609. The lowest BCUT2D eigenvalue weighted by atomic mass is 10.2. The lowest BCUT2D eigenvalue weighted by Gasteiger charge is -2.36. The van der Waals surface area contributed by atoms with Gasteiger partial charge in [0.25, 0.3) is 0 Å². The van der Waals surface area contributed by atoms with Gasteiger partial charge in [-0.15, -0.1) is 0 Å². The molecule has 0 spiro atoms. The summed E-state index contributed by atoms with van der Waals surface area (Å²) in [5.74, 6) is 0.575. The predicted octanol–water partition coefficient (Wildman–Crippen LogP) is 2.01. The summed E-state index contributed by atoms with van der Waals surface area (Å²) in [4.78, 5) is 24.2. The molecule has 0 saturated carbocycles. The molecule has 9 nitrogen and oxygen atoms in total. The van der Waals surface area contributed by atoms with Crippen LogP contribution in [0.5, 0.6) is 0 Å². The van der Waals surface area contributed by atoms with Crippen LogP contribution in [0.4, 0.5) is 21.8 Å². The highest BCUT2D eigenvalue weighted by atomic mass is 19.1. The van der Waals surface area contributed by atoms with E-state index < -0.39 is 5.97 Å². The molecule has 0 atom stereocenters. The number of hydrogen-bond donors (Lipinski definition) is 2. The van der Waals surface area contributed by atoms with Gasteiger partial charge in [-0.3, -0.25) is 4.79 Å². The topological polar surface area (TPSA) is 99.4 Å². The number of nitrogens with zero attached hydrogens (tertiary/aromatic N) is 6. The fraction of sp³-hybridized carbons (Fsp3) is 0.300. The van der Waals surface area contributed by atoms with E-state index >= 15 is 0 Å². The third kappa shape index (κ3) is 4.65. The van der Waals surface area contributed by atoms with Crippen molar-refractivity contribution in [3.05, 3.63) is 54.6 Å². The normalized spacial score (nSPS) is 14.0. The fourth-order valence-electron chi connectivity index (χ4n) is 3.31. The first kappa shape index (κ1) is 19.6. The molecule has 3 heterocycles. The van der Waals surface area contributed by atoms with Crippen molar-refractivity contribution in [2.75, 3.05) is 47.8 Å². The van der Waals surface area contributed by atoms with Gasteiger partial charge in [0.2, 0.25) is 5.95 Å². The molecule has 2 aromatic heterocycles. The standard InChI is InChI=1S/C20H22FN7O2/c21-15-2-4-16(5-3-15)26-10-12-27(13-11-26)17-14-18(28-9-1-7-23-28)25-20(24-17)22-8-6-19(29)30/h1-5,7,9,14H,6,8,10-13H2,(H,29,30)(H,22,24,25). The van der Waals surface area contributed by atoms with E-state index in [1.165, 1.54) is 12.1 Å². The van der Waals surface area contributed by atoms with Crippen LogP contribution in [0.15, 0.2) is 48.8 Å². The molecule has 2 N–H and O–H groups in total. The van der Waals surface area contributed by atoms with Crippen molar-refractivity contribution in [3.63, 3.8) is 0 Å². The number of halogens is 1. The van der Waals surface area contributed by atoms with Crippen molar-refractivity contribution in [1.29, 1.82) is 0 Å².